The van der Waals surface area contributed by atoms with Gasteiger partial charge in [-0.15, -0.1) is 0 Å². The van der Waals surface area contributed by atoms with E-state index < -0.39 is 10.0 Å². The molecule has 2 aliphatic heterocycles. The summed E-state index contributed by atoms with van der Waals surface area (Å²) in [5.41, 5.74) is 0. The molecule has 6 nitrogen and oxygen atoms in total. The molecule has 0 atom stereocenters. The summed E-state index contributed by atoms with van der Waals surface area (Å²) in [6.45, 7) is 6.18. The number of benzene rings is 1. The molecule has 26 heavy (non-hydrogen) atoms. The summed E-state index contributed by atoms with van der Waals surface area (Å²) in [4.78, 5) is 16.7. The summed E-state index contributed by atoms with van der Waals surface area (Å²) < 4.78 is 26.9. The highest BCUT2D eigenvalue weighted by molar-refractivity contribution is 7.89. The zero-order valence-corrected chi connectivity index (χ0v) is 16.7. The van der Waals surface area contributed by atoms with Crippen LogP contribution in [0.25, 0.3) is 0 Å². The van der Waals surface area contributed by atoms with Crippen LogP contribution in [0.4, 0.5) is 0 Å². The highest BCUT2D eigenvalue weighted by atomic mass is 35.5. The minimum absolute atomic E-state index is 0.156. The molecular weight excluding hydrogens is 374 g/mol. The first-order valence-electron chi connectivity index (χ1n) is 9.12. The van der Waals surface area contributed by atoms with Gasteiger partial charge in [0.25, 0.3) is 0 Å². The zero-order valence-electron chi connectivity index (χ0n) is 15.1. The van der Waals surface area contributed by atoms with Crippen molar-refractivity contribution in [2.75, 3.05) is 45.8 Å². The Morgan fingerprint density at radius 1 is 1.12 bits per heavy atom. The normalized spacial score (nSPS) is 21.1. The summed E-state index contributed by atoms with van der Waals surface area (Å²) in [6, 6.07) is 6.34. The lowest BCUT2D eigenvalue weighted by molar-refractivity contribution is -0.134. The van der Waals surface area contributed by atoms with Crippen molar-refractivity contribution in [3.8, 4) is 0 Å². The SMILES string of the molecule is CC1CCN(C(=O)CN2CCN(S(=O)(=O)c3cccc(Cl)c3)CC2)CC1. The van der Waals surface area contributed by atoms with Crippen molar-refractivity contribution in [2.24, 2.45) is 5.92 Å². The third kappa shape index (κ3) is 4.57. The quantitative estimate of drug-likeness (QED) is 0.775. The molecule has 0 spiro atoms. The van der Waals surface area contributed by atoms with Crippen molar-refractivity contribution >= 4 is 27.5 Å². The molecule has 0 aromatic heterocycles. The first-order chi connectivity index (χ1) is 12.4. The van der Waals surface area contributed by atoms with Gasteiger partial charge in [0.15, 0.2) is 0 Å². The Labute approximate surface area is 160 Å². The van der Waals surface area contributed by atoms with E-state index in [1.165, 1.54) is 10.4 Å². The van der Waals surface area contributed by atoms with Crippen LogP contribution in [0, 0.1) is 5.92 Å². The Morgan fingerprint density at radius 3 is 2.38 bits per heavy atom. The third-order valence-electron chi connectivity index (χ3n) is 5.26. The minimum atomic E-state index is -3.54. The van der Waals surface area contributed by atoms with Gasteiger partial charge in [-0.3, -0.25) is 9.69 Å². The second-order valence-corrected chi connectivity index (χ2v) is 9.58. The fourth-order valence-corrected chi connectivity index (χ4v) is 5.18. The van der Waals surface area contributed by atoms with Crippen LogP contribution >= 0.6 is 11.6 Å². The second kappa shape index (κ2) is 8.25. The van der Waals surface area contributed by atoms with Crippen molar-refractivity contribution < 1.29 is 13.2 Å². The summed E-state index contributed by atoms with van der Waals surface area (Å²) in [6.07, 6.45) is 2.13. The Bertz CT molecular complexity index is 740. The molecule has 1 amide bonds. The number of halogens is 1. The standard InChI is InChI=1S/C18H26ClN3O3S/c1-15-5-7-21(8-6-15)18(23)14-20-9-11-22(12-10-20)26(24,25)17-4-2-3-16(19)13-17/h2-4,13,15H,5-12,14H2,1H3. The molecule has 144 valence electrons. The summed E-state index contributed by atoms with van der Waals surface area (Å²) in [7, 11) is -3.54. The Balaban J connectivity index is 1.53. The van der Waals surface area contributed by atoms with Gasteiger partial charge in [-0.2, -0.15) is 4.31 Å². The monoisotopic (exact) mass is 399 g/mol. The highest BCUT2D eigenvalue weighted by Gasteiger charge is 2.30. The van der Waals surface area contributed by atoms with E-state index in [1.54, 1.807) is 18.2 Å². The van der Waals surface area contributed by atoms with Gasteiger partial charge in [-0.25, -0.2) is 8.42 Å². The fourth-order valence-electron chi connectivity index (χ4n) is 3.45. The van der Waals surface area contributed by atoms with Crippen LogP contribution in [0.3, 0.4) is 0 Å². The number of hydrogen-bond donors (Lipinski definition) is 0. The van der Waals surface area contributed by atoms with Crippen molar-refractivity contribution in [3.05, 3.63) is 29.3 Å². The Kier molecular flexibility index (Phi) is 6.22. The van der Waals surface area contributed by atoms with Crippen LogP contribution in [0.1, 0.15) is 19.8 Å². The average Bonchev–Trinajstić information content (AvgIpc) is 2.62. The van der Waals surface area contributed by atoms with Crippen LogP contribution in [0.2, 0.25) is 5.02 Å². The number of amides is 1. The van der Waals surface area contributed by atoms with Crippen LogP contribution in [0.5, 0.6) is 0 Å². The van der Waals surface area contributed by atoms with Gasteiger partial charge < -0.3 is 4.90 Å². The molecule has 3 rings (SSSR count). The molecule has 1 aromatic carbocycles. The van der Waals surface area contributed by atoms with Gasteiger partial charge in [-0.05, 0) is 37.0 Å². The number of likely N-dealkylation sites (tertiary alicyclic amines) is 1. The lowest BCUT2D eigenvalue weighted by atomic mass is 9.99. The van der Waals surface area contributed by atoms with E-state index in [9.17, 15) is 13.2 Å². The van der Waals surface area contributed by atoms with Crippen LogP contribution in [0.15, 0.2) is 29.2 Å². The Morgan fingerprint density at radius 2 is 1.77 bits per heavy atom. The molecule has 0 bridgehead atoms. The second-order valence-electron chi connectivity index (χ2n) is 7.20. The molecule has 2 fully saturated rings. The first kappa shape index (κ1) is 19.6. The van der Waals surface area contributed by atoms with E-state index >= 15 is 0 Å². The van der Waals surface area contributed by atoms with E-state index in [-0.39, 0.29) is 10.8 Å². The number of hydrogen-bond acceptors (Lipinski definition) is 4. The zero-order chi connectivity index (χ0) is 18.7. The van der Waals surface area contributed by atoms with Gasteiger partial charge in [0.05, 0.1) is 11.4 Å². The van der Waals surface area contributed by atoms with E-state index in [1.807, 2.05) is 9.80 Å². The van der Waals surface area contributed by atoms with Gasteiger partial charge in [0.1, 0.15) is 0 Å². The molecule has 0 N–H and O–H groups in total. The number of piperidine rings is 1. The maximum atomic E-state index is 12.7. The number of carbonyl (C=O) groups excluding carboxylic acids is 1. The van der Waals surface area contributed by atoms with Gasteiger partial charge >= 0.3 is 0 Å². The number of carbonyl (C=O) groups is 1. The van der Waals surface area contributed by atoms with Gasteiger partial charge in [0, 0.05) is 44.3 Å². The number of piperazine rings is 1. The fraction of sp³-hybridized carbons (Fsp3) is 0.611. The third-order valence-corrected chi connectivity index (χ3v) is 7.39. The largest absolute Gasteiger partial charge is 0.342 e. The molecular formula is C18H26ClN3O3S. The number of rotatable bonds is 4. The predicted molar refractivity (Wildman–Crippen MR) is 102 cm³/mol. The molecule has 2 heterocycles. The van der Waals surface area contributed by atoms with Crippen molar-refractivity contribution in [3.63, 3.8) is 0 Å². The molecule has 0 radical (unpaired) electrons. The first-order valence-corrected chi connectivity index (χ1v) is 10.9. The average molecular weight is 400 g/mol. The Hall–Kier alpha value is -1.15. The summed E-state index contributed by atoms with van der Waals surface area (Å²) >= 11 is 5.92. The molecule has 0 saturated carbocycles. The topological polar surface area (TPSA) is 60.9 Å². The smallest absolute Gasteiger partial charge is 0.243 e. The van der Waals surface area contributed by atoms with Crippen LogP contribution in [-0.4, -0.2) is 74.2 Å². The van der Waals surface area contributed by atoms with Crippen molar-refractivity contribution in [1.29, 1.82) is 0 Å². The van der Waals surface area contributed by atoms with Crippen LogP contribution < -0.4 is 0 Å². The van der Waals surface area contributed by atoms with E-state index in [2.05, 4.69) is 6.92 Å². The molecule has 2 aliphatic rings. The van der Waals surface area contributed by atoms with Crippen molar-refractivity contribution in [2.45, 2.75) is 24.7 Å². The molecule has 0 aliphatic carbocycles. The van der Waals surface area contributed by atoms with Crippen LogP contribution in [-0.2, 0) is 14.8 Å². The lowest BCUT2D eigenvalue weighted by Crippen LogP contribution is -2.52. The maximum absolute atomic E-state index is 12.7. The predicted octanol–water partition coefficient (Wildman–Crippen LogP) is 1.90. The highest BCUT2D eigenvalue weighted by Crippen LogP contribution is 2.21. The summed E-state index contributed by atoms with van der Waals surface area (Å²) in [5.74, 6) is 0.849. The van der Waals surface area contributed by atoms with Gasteiger partial charge in [-0.1, -0.05) is 24.6 Å². The number of sulfonamides is 1. The minimum Gasteiger partial charge on any atom is -0.342 e. The summed E-state index contributed by atoms with van der Waals surface area (Å²) in [5, 5.41) is 0.408. The van der Waals surface area contributed by atoms with Gasteiger partial charge in [0.2, 0.25) is 15.9 Å². The van der Waals surface area contributed by atoms with E-state index in [0.717, 1.165) is 25.9 Å². The maximum Gasteiger partial charge on any atom is 0.243 e. The lowest BCUT2D eigenvalue weighted by Gasteiger charge is -2.36. The number of nitrogens with zero attached hydrogens (tertiary/aromatic N) is 3. The van der Waals surface area contributed by atoms with E-state index in [4.69, 9.17) is 11.6 Å². The molecule has 0 unspecified atom stereocenters. The van der Waals surface area contributed by atoms with E-state index in [0.29, 0.717) is 43.7 Å². The van der Waals surface area contributed by atoms with Crippen molar-refractivity contribution in [1.82, 2.24) is 14.1 Å². The molecule has 1 aromatic rings. The molecule has 8 heteroatoms. The molecule has 2 saturated heterocycles.